The van der Waals surface area contributed by atoms with Crippen LogP contribution in [0.3, 0.4) is 0 Å². The molecule has 2 nitrogen and oxygen atoms in total. The lowest BCUT2D eigenvalue weighted by Crippen LogP contribution is -2.36. The molecule has 0 aromatic heterocycles. The second kappa shape index (κ2) is 3.94. The van der Waals surface area contributed by atoms with E-state index < -0.39 is 28.3 Å². The van der Waals surface area contributed by atoms with Crippen LogP contribution in [0.1, 0.15) is 0 Å². The third-order valence-electron chi connectivity index (χ3n) is 1.25. The molecular weight excluding hydrogens is 251 g/mol. The number of aliphatic imine (C=N–C) groups is 1. The Morgan fingerprint density at radius 2 is 1.92 bits per heavy atom. The summed E-state index contributed by atoms with van der Waals surface area (Å²) in [5, 5.41) is -0.944. The van der Waals surface area contributed by atoms with E-state index in [2.05, 4.69) is 4.99 Å². The summed E-state index contributed by atoms with van der Waals surface area (Å²) >= 11 is 15.5. The van der Waals surface area contributed by atoms with E-state index in [4.69, 9.17) is 34.8 Å². The Morgan fingerprint density at radius 1 is 1.38 bits per heavy atom. The molecule has 8 heteroatoms. The van der Waals surface area contributed by atoms with Crippen molar-refractivity contribution in [1.29, 1.82) is 0 Å². The lowest BCUT2D eigenvalue weighted by Gasteiger charge is -2.27. The number of hydrogen-bond donors (Lipinski definition) is 0. The summed E-state index contributed by atoms with van der Waals surface area (Å²) in [6, 6.07) is 0. The van der Waals surface area contributed by atoms with Crippen molar-refractivity contribution in [2.75, 3.05) is 0 Å². The van der Waals surface area contributed by atoms with Crippen LogP contribution in [-0.4, -0.2) is 22.2 Å². The molecule has 0 saturated carbocycles. The third kappa shape index (κ3) is 2.03. The fourth-order valence-corrected chi connectivity index (χ4v) is 1.19. The predicted octanol–water partition coefficient (Wildman–Crippen LogP) is 3.06. The van der Waals surface area contributed by atoms with Crippen LogP contribution in [0.5, 0.6) is 0 Å². The van der Waals surface area contributed by atoms with E-state index >= 15 is 0 Å². The van der Waals surface area contributed by atoms with Crippen LogP contribution >= 0.6 is 34.8 Å². The van der Waals surface area contributed by atoms with Crippen LogP contribution < -0.4 is 0 Å². The fraction of sp³-hybridized carbons (Fsp3) is 0.400. The molecule has 0 saturated heterocycles. The van der Waals surface area contributed by atoms with Crippen LogP contribution in [0.2, 0.25) is 0 Å². The molecule has 0 aliphatic carbocycles. The first kappa shape index (κ1) is 10.9. The van der Waals surface area contributed by atoms with Gasteiger partial charge in [0, 0.05) is 0 Å². The Labute approximate surface area is 86.6 Å². The van der Waals surface area contributed by atoms with Crippen molar-refractivity contribution >= 4 is 40.8 Å². The molecule has 1 aliphatic rings. The SMILES string of the molecule is FC1=NC(F)N(C(Cl)Cl)C(F)=C1Cl. The highest BCUT2D eigenvalue weighted by Crippen LogP contribution is 2.31. The zero-order valence-corrected chi connectivity index (χ0v) is 8.08. The molecule has 1 heterocycles. The number of alkyl halides is 3. The fourth-order valence-electron chi connectivity index (χ4n) is 0.683. The van der Waals surface area contributed by atoms with Crippen LogP contribution in [0.25, 0.3) is 0 Å². The molecule has 1 rings (SSSR count). The van der Waals surface area contributed by atoms with Gasteiger partial charge in [0.2, 0.25) is 11.9 Å². The highest BCUT2D eigenvalue weighted by Gasteiger charge is 2.33. The van der Waals surface area contributed by atoms with Gasteiger partial charge in [0.15, 0.2) is 4.96 Å². The van der Waals surface area contributed by atoms with Crippen molar-refractivity contribution in [2.45, 2.75) is 11.4 Å². The quantitative estimate of drug-likeness (QED) is 0.518. The van der Waals surface area contributed by atoms with Gasteiger partial charge < -0.3 is 0 Å². The van der Waals surface area contributed by atoms with E-state index in [1.807, 2.05) is 0 Å². The molecule has 13 heavy (non-hydrogen) atoms. The van der Waals surface area contributed by atoms with Gasteiger partial charge in [-0.15, -0.1) is 0 Å². The summed E-state index contributed by atoms with van der Waals surface area (Å²) in [5.74, 6) is -2.80. The molecule has 0 N–H and O–H groups in total. The summed E-state index contributed by atoms with van der Waals surface area (Å²) < 4.78 is 38.2. The average molecular weight is 253 g/mol. The molecule has 1 atom stereocenters. The van der Waals surface area contributed by atoms with Crippen LogP contribution in [-0.2, 0) is 0 Å². The lowest BCUT2D eigenvalue weighted by atomic mass is 10.5. The maximum atomic E-state index is 12.9. The maximum Gasteiger partial charge on any atom is 0.273 e. The van der Waals surface area contributed by atoms with E-state index in [0.717, 1.165) is 0 Å². The Hall–Kier alpha value is -0.130. The highest BCUT2D eigenvalue weighted by atomic mass is 35.5. The Bertz CT molecular complexity index is 278. The molecule has 0 amide bonds. The van der Waals surface area contributed by atoms with E-state index in [1.165, 1.54) is 0 Å². The van der Waals surface area contributed by atoms with Gasteiger partial charge in [-0.25, -0.2) is 0 Å². The van der Waals surface area contributed by atoms with Crippen molar-refractivity contribution in [3.8, 4) is 0 Å². The Balaban J connectivity index is 3.04. The van der Waals surface area contributed by atoms with Gasteiger partial charge in [-0.05, 0) is 0 Å². The first-order valence-corrected chi connectivity index (χ1v) is 4.19. The van der Waals surface area contributed by atoms with Crippen molar-refractivity contribution in [3.05, 3.63) is 11.0 Å². The first-order valence-electron chi connectivity index (χ1n) is 2.94. The van der Waals surface area contributed by atoms with Crippen molar-refractivity contribution in [3.63, 3.8) is 0 Å². The van der Waals surface area contributed by atoms with Gasteiger partial charge in [0.05, 0.1) is 0 Å². The molecule has 0 fully saturated rings. The summed E-state index contributed by atoms with van der Waals surface area (Å²) in [5.41, 5.74) is 0. The zero-order chi connectivity index (χ0) is 10.2. The van der Waals surface area contributed by atoms with Crippen molar-refractivity contribution in [1.82, 2.24) is 4.90 Å². The monoisotopic (exact) mass is 252 g/mol. The van der Waals surface area contributed by atoms with E-state index in [0.29, 0.717) is 0 Å². The minimum absolute atomic E-state index is 0.189. The van der Waals surface area contributed by atoms with Gasteiger partial charge >= 0.3 is 0 Å². The summed E-state index contributed by atoms with van der Waals surface area (Å²) in [4.78, 5) is 1.39. The first-order chi connectivity index (χ1) is 5.95. The standard InChI is InChI=1S/C5H2Cl3F3N2/c6-1-2(9)12-5(11)13(3(1)10)4(7)8/h4-5H. The Kier molecular flexibility index (Phi) is 3.32. The number of nitrogens with zero attached hydrogens (tertiary/aromatic N) is 2. The largest absolute Gasteiger partial charge is 0.273 e. The molecule has 1 aliphatic heterocycles. The number of allylic oxidation sites excluding steroid dienone is 1. The second-order valence-electron chi connectivity index (χ2n) is 2.02. The number of hydrogen-bond acceptors (Lipinski definition) is 2. The Morgan fingerprint density at radius 3 is 2.38 bits per heavy atom. The molecule has 0 spiro atoms. The molecule has 0 aromatic carbocycles. The average Bonchev–Trinajstić information content (AvgIpc) is 1.99. The number of rotatable bonds is 1. The minimum Gasteiger partial charge on any atom is -0.268 e. The van der Waals surface area contributed by atoms with Crippen molar-refractivity contribution in [2.24, 2.45) is 4.99 Å². The zero-order valence-electron chi connectivity index (χ0n) is 5.82. The topological polar surface area (TPSA) is 15.6 Å². The summed E-state index contributed by atoms with van der Waals surface area (Å²) in [6.45, 7) is 0. The van der Waals surface area contributed by atoms with Gasteiger partial charge in [0.1, 0.15) is 5.03 Å². The molecular formula is C5H2Cl3F3N2. The minimum atomic E-state index is -2.30. The van der Waals surface area contributed by atoms with Gasteiger partial charge in [-0.1, -0.05) is 34.8 Å². The van der Waals surface area contributed by atoms with Crippen LogP contribution in [0.15, 0.2) is 16.0 Å². The van der Waals surface area contributed by atoms with E-state index in [-0.39, 0.29) is 4.90 Å². The second-order valence-corrected chi connectivity index (χ2v) is 3.45. The molecule has 0 radical (unpaired) electrons. The van der Waals surface area contributed by atoms with Gasteiger partial charge in [-0.3, -0.25) is 4.90 Å². The van der Waals surface area contributed by atoms with Crippen molar-refractivity contribution < 1.29 is 13.2 Å². The molecule has 0 aromatic rings. The van der Waals surface area contributed by atoms with E-state index in [9.17, 15) is 13.2 Å². The van der Waals surface area contributed by atoms with E-state index in [1.54, 1.807) is 0 Å². The van der Waals surface area contributed by atoms with Gasteiger partial charge in [0.25, 0.3) is 6.42 Å². The smallest absolute Gasteiger partial charge is 0.268 e. The third-order valence-corrected chi connectivity index (χ3v) is 1.98. The molecule has 0 bridgehead atoms. The molecule has 74 valence electrons. The van der Waals surface area contributed by atoms with Crippen LogP contribution in [0, 0.1) is 0 Å². The summed E-state index contributed by atoms with van der Waals surface area (Å²) in [7, 11) is 0. The maximum absolute atomic E-state index is 12.9. The normalized spacial score (nSPS) is 24.1. The highest BCUT2D eigenvalue weighted by molar-refractivity contribution is 6.45. The number of halogens is 6. The predicted molar refractivity (Wildman–Crippen MR) is 44.8 cm³/mol. The van der Waals surface area contributed by atoms with Gasteiger partial charge in [-0.2, -0.15) is 18.2 Å². The summed E-state index contributed by atoms with van der Waals surface area (Å²) in [6.07, 6.45) is -2.30. The van der Waals surface area contributed by atoms with Crippen LogP contribution in [0.4, 0.5) is 13.2 Å². The lowest BCUT2D eigenvalue weighted by molar-refractivity contribution is 0.100. The molecule has 1 unspecified atom stereocenters.